The average molecular weight is 554 g/mol. The summed E-state index contributed by atoms with van der Waals surface area (Å²) in [5.41, 5.74) is 4.13. The standard InChI is InChI=1S/C31H27N3O5S/c1-22-8-5-6-13-29(22)40(37,38)33-30(35)26-14-15-28-25(19-26)16-17-34(28)20-24-11-7-12-27(18-24)32-31(36)39-21-23-9-3-2-4-10-23/h2-19H,20-21H2,1H3,(H,32,36)(H,33,35). The van der Waals surface area contributed by atoms with Gasteiger partial charge in [0.05, 0.1) is 4.90 Å². The third-order valence-electron chi connectivity index (χ3n) is 6.38. The highest BCUT2D eigenvalue weighted by molar-refractivity contribution is 7.90. The molecule has 2 N–H and O–H groups in total. The van der Waals surface area contributed by atoms with Crippen molar-refractivity contribution in [3.8, 4) is 0 Å². The molecule has 0 saturated carbocycles. The van der Waals surface area contributed by atoms with Crippen LogP contribution in [0.25, 0.3) is 10.9 Å². The number of nitrogens with zero attached hydrogens (tertiary/aromatic N) is 1. The normalized spacial score (nSPS) is 11.2. The predicted molar refractivity (Wildman–Crippen MR) is 154 cm³/mol. The highest BCUT2D eigenvalue weighted by Crippen LogP contribution is 2.21. The number of ether oxygens (including phenoxy) is 1. The average Bonchev–Trinajstić information content (AvgIpc) is 3.34. The summed E-state index contributed by atoms with van der Waals surface area (Å²) in [6.07, 6.45) is 1.35. The first-order valence-corrected chi connectivity index (χ1v) is 14.1. The summed E-state index contributed by atoms with van der Waals surface area (Å²) in [6, 6.07) is 30.3. The number of hydrogen-bond acceptors (Lipinski definition) is 5. The second-order valence-corrected chi connectivity index (χ2v) is 11.0. The van der Waals surface area contributed by atoms with Gasteiger partial charge in [-0.1, -0.05) is 60.7 Å². The van der Waals surface area contributed by atoms with Crippen LogP contribution in [0.2, 0.25) is 0 Å². The van der Waals surface area contributed by atoms with Gasteiger partial charge in [0.2, 0.25) is 0 Å². The maximum Gasteiger partial charge on any atom is 0.411 e. The topological polar surface area (TPSA) is 107 Å². The van der Waals surface area contributed by atoms with Crippen molar-refractivity contribution in [1.82, 2.24) is 9.29 Å². The van der Waals surface area contributed by atoms with Gasteiger partial charge in [0, 0.05) is 34.9 Å². The lowest BCUT2D eigenvalue weighted by Gasteiger charge is -2.11. The zero-order valence-electron chi connectivity index (χ0n) is 21.7. The Morgan fingerprint density at radius 2 is 1.57 bits per heavy atom. The summed E-state index contributed by atoms with van der Waals surface area (Å²) in [5.74, 6) is -0.698. The summed E-state index contributed by atoms with van der Waals surface area (Å²) in [6.45, 7) is 2.38. The molecule has 2 amide bonds. The number of aryl methyl sites for hydroxylation is 1. The van der Waals surface area contributed by atoms with E-state index >= 15 is 0 Å². The highest BCUT2D eigenvalue weighted by Gasteiger charge is 2.20. The van der Waals surface area contributed by atoms with Crippen molar-refractivity contribution in [3.63, 3.8) is 0 Å². The Kier molecular flexibility index (Phi) is 7.65. The largest absolute Gasteiger partial charge is 0.444 e. The molecule has 9 heteroatoms. The molecule has 4 aromatic carbocycles. The molecule has 0 unspecified atom stereocenters. The van der Waals surface area contributed by atoms with Crippen LogP contribution in [0.4, 0.5) is 10.5 Å². The highest BCUT2D eigenvalue weighted by atomic mass is 32.2. The number of rotatable bonds is 8. The molecule has 1 aromatic heterocycles. The molecule has 0 aliphatic rings. The number of aromatic nitrogens is 1. The van der Waals surface area contributed by atoms with Gasteiger partial charge in [-0.2, -0.15) is 0 Å². The lowest BCUT2D eigenvalue weighted by molar-refractivity contribution is 0.0981. The third kappa shape index (κ3) is 6.22. The molecular formula is C31H27N3O5S. The van der Waals surface area contributed by atoms with E-state index in [4.69, 9.17) is 4.74 Å². The number of carbonyl (C=O) groups is 2. The maximum atomic E-state index is 12.8. The van der Waals surface area contributed by atoms with E-state index in [1.54, 1.807) is 49.4 Å². The van der Waals surface area contributed by atoms with E-state index in [0.717, 1.165) is 22.0 Å². The summed E-state index contributed by atoms with van der Waals surface area (Å²) in [7, 11) is -4.00. The van der Waals surface area contributed by atoms with Gasteiger partial charge in [-0.25, -0.2) is 17.9 Å². The van der Waals surface area contributed by atoms with E-state index in [-0.39, 0.29) is 17.1 Å². The van der Waals surface area contributed by atoms with Crippen molar-refractivity contribution >= 4 is 38.6 Å². The van der Waals surface area contributed by atoms with Gasteiger partial charge in [-0.05, 0) is 66.1 Å². The fourth-order valence-electron chi connectivity index (χ4n) is 4.39. The Balaban J connectivity index is 1.25. The van der Waals surface area contributed by atoms with Crippen LogP contribution in [0, 0.1) is 6.92 Å². The molecule has 5 aromatic rings. The van der Waals surface area contributed by atoms with Crippen LogP contribution in [0.15, 0.2) is 114 Å². The molecule has 0 saturated heterocycles. The van der Waals surface area contributed by atoms with E-state index in [1.165, 1.54) is 6.07 Å². The van der Waals surface area contributed by atoms with Crippen LogP contribution in [-0.2, 0) is 27.9 Å². The first kappa shape index (κ1) is 26.7. The molecule has 5 rings (SSSR count). The Hall–Kier alpha value is -4.89. The SMILES string of the molecule is Cc1ccccc1S(=O)(=O)NC(=O)c1ccc2c(ccn2Cc2cccc(NC(=O)OCc3ccccc3)c2)c1. The minimum absolute atomic E-state index is 0.0664. The summed E-state index contributed by atoms with van der Waals surface area (Å²) < 4.78 is 34.9. The van der Waals surface area contributed by atoms with Crippen LogP contribution >= 0.6 is 0 Å². The van der Waals surface area contributed by atoms with Crippen molar-refractivity contribution in [2.75, 3.05) is 5.32 Å². The smallest absolute Gasteiger partial charge is 0.411 e. The fourth-order valence-corrected chi connectivity index (χ4v) is 5.62. The Morgan fingerprint density at radius 1 is 0.825 bits per heavy atom. The molecule has 0 fully saturated rings. The number of fused-ring (bicyclic) bond motifs is 1. The van der Waals surface area contributed by atoms with Crippen molar-refractivity contribution < 1.29 is 22.7 Å². The van der Waals surface area contributed by atoms with Crippen LogP contribution in [0.5, 0.6) is 0 Å². The van der Waals surface area contributed by atoms with Crippen LogP contribution in [-0.4, -0.2) is 25.0 Å². The molecule has 0 aliphatic carbocycles. The molecule has 0 aliphatic heterocycles. The van der Waals surface area contributed by atoms with Crippen LogP contribution < -0.4 is 10.0 Å². The summed E-state index contributed by atoms with van der Waals surface area (Å²) >= 11 is 0. The number of amides is 2. The zero-order chi connectivity index (χ0) is 28.1. The molecule has 0 radical (unpaired) electrons. The van der Waals surface area contributed by atoms with Crippen molar-refractivity contribution in [3.05, 3.63) is 132 Å². The summed E-state index contributed by atoms with van der Waals surface area (Å²) in [5, 5.41) is 3.55. The van der Waals surface area contributed by atoms with Gasteiger partial charge >= 0.3 is 6.09 Å². The molecule has 0 atom stereocenters. The quantitative estimate of drug-likeness (QED) is 0.250. The van der Waals surface area contributed by atoms with Gasteiger partial charge < -0.3 is 9.30 Å². The molecule has 40 heavy (non-hydrogen) atoms. The third-order valence-corrected chi connectivity index (χ3v) is 7.87. The van der Waals surface area contributed by atoms with Crippen molar-refractivity contribution in [1.29, 1.82) is 0 Å². The van der Waals surface area contributed by atoms with Gasteiger partial charge in [0.15, 0.2) is 0 Å². The van der Waals surface area contributed by atoms with E-state index in [1.807, 2.05) is 65.4 Å². The molecule has 0 spiro atoms. The second kappa shape index (κ2) is 11.5. The first-order valence-electron chi connectivity index (χ1n) is 12.6. The van der Waals surface area contributed by atoms with E-state index in [0.29, 0.717) is 17.8 Å². The Bertz CT molecular complexity index is 1800. The number of carbonyl (C=O) groups excluding carboxylic acids is 2. The molecule has 0 bridgehead atoms. The van der Waals surface area contributed by atoms with Gasteiger partial charge in [-0.3, -0.25) is 10.1 Å². The number of benzene rings is 4. The van der Waals surface area contributed by atoms with E-state index in [9.17, 15) is 18.0 Å². The lowest BCUT2D eigenvalue weighted by atomic mass is 10.1. The molecular weight excluding hydrogens is 526 g/mol. The number of nitrogens with one attached hydrogen (secondary N) is 2. The summed E-state index contributed by atoms with van der Waals surface area (Å²) in [4.78, 5) is 25.1. The Morgan fingerprint density at radius 3 is 2.38 bits per heavy atom. The number of anilines is 1. The van der Waals surface area contributed by atoms with E-state index < -0.39 is 22.0 Å². The van der Waals surface area contributed by atoms with Gasteiger partial charge in [0.25, 0.3) is 15.9 Å². The van der Waals surface area contributed by atoms with E-state index in [2.05, 4.69) is 10.0 Å². The minimum atomic E-state index is -4.00. The zero-order valence-corrected chi connectivity index (χ0v) is 22.5. The first-order chi connectivity index (χ1) is 19.3. The van der Waals surface area contributed by atoms with Crippen LogP contribution in [0.3, 0.4) is 0 Å². The molecule has 202 valence electrons. The second-order valence-electron chi connectivity index (χ2n) is 9.30. The minimum Gasteiger partial charge on any atom is -0.444 e. The molecule has 8 nitrogen and oxygen atoms in total. The molecule has 1 heterocycles. The van der Waals surface area contributed by atoms with Crippen molar-refractivity contribution in [2.45, 2.75) is 25.0 Å². The monoisotopic (exact) mass is 553 g/mol. The van der Waals surface area contributed by atoms with Crippen molar-refractivity contribution in [2.24, 2.45) is 0 Å². The Labute approximate surface area is 232 Å². The maximum absolute atomic E-state index is 12.8. The van der Waals surface area contributed by atoms with Gasteiger partial charge in [0.1, 0.15) is 6.61 Å². The van der Waals surface area contributed by atoms with Crippen LogP contribution in [0.1, 0.15) is 27.0 Å². The lowest BCUT2D eigenvalue weighted by Crippen LogP contribution is -2.31. The fraction of sp³-hybridized carbons (Fsp3) is 0.0968. The number of sulfonamides is 1. The number of hydrogen-bond donors (Lipinski definition) is 2. The predicted octanol–water partition coefficient (Wildman–Crippen LogP) is 5.87. The van der Waals surface area contributed by atoms with Gasteiger partial charge in [-0.15, -0.1) is 0 Å².